The van der Waals surface area contributed by atoms with Gasteiger partial charge in [0.25, 0.3) is 0 Å². The van der Waals surface area contributed by atoms with Crippen LogP contribution >= 0.6 is 0 Å². The minimum atomic E-state index is -3.49. The molecule has 2 unspecified atom stereocenters. The molecule has 17 heavy (non-hydrogen) atoms. The van der Waals surface area contributed by atoms with Crippen molar-refractivity contribution in [2.24, 2.45) is 0 Å². The van der Waals surface area contributed by atoms with Crippen LogP contribution in [0.2, 0.25) is 0 Å². The van der Waals surface area contributed by atoms with Gasteiger partial charge < -0.3 is 10.1 Å². The molecule has 0 aliphatic heterocycles. The normalized spacial score (nSPS) is 26.3. The zero-order chi connectivity index (χ0) is 12.5. The van der Waals surface area contributed by atoms with Crippen molar-refractivity contribution in [2.75, 3.05) is 7.05 Å². The standard InChI is InChI=1S/C11H18N2O3S/c1-13(10-4-2-3-5-11(10)14)17(15,16)9-6-7-12-8-9/h6-8,10-12,14H,2-5H2,1H3. The van der Waals surface area contributed by atoms with E-state index in [1.807, 2.05) is 0 Å². The smallest absolute Gasteiger partial charge is 0.244 e. The molecule has 1 heterocycles. The molecule has 0 amide bonds. The first kappa shape index (κ1) is 12.6. The lowest BCUT2D eigenvalue weighted by Crippen LogP contribution is -2.46. The van der Waals surface area contributed by atoms with Gasteiger partial charge in [-0.3, -0.25) is 0 Å². The van der Waals surface area contributed by atoms with Gasteiger partial charge in [0.05, 0.1) is 17.0 Å². The zero-order valence-corrected chi connectivity index (χ0v) is 10.7. The Balaban J connectivity index is 2.22. The number of rotatable bonds is 3. The minimum Gasteiger partial charge on any atom is -0.391 e. The van der Waals surface area contributed by atoms with E-state index in [0.29, 0.717) is 6.42 Å². The maximum Gasteiger partial charge on any atom is 0.244 e. The highest BCUT2D eigenvalue weighted by Crippen LogP contribution is 2.26. The molecule has 1 fully saturated rings. The monoisotopic (exact) mass is 258 g/mol. The number of sulfonamides is 1. The van der Waals surface area contributed by atoms with E-state index in [9.17, 15) is 13.5 Å². The van der Waals surface area contributed by atoms with Crippen molar-refractivity contribution in [3.63, 3.8) is 0 Å². The predicted molar refractivity (Wildman–Crippen MR) is 64.0 cm³/mol. The van der Waals surface area contributed by atoms with E-state index in [1.54, 1.807) is 13.2 Å². The molecule has 1 aromatic heterocycles. The summed E-state index contributed by atoms with van der Waals surface area (Å²) in [6, 6.07) is 1.23. The van der Waals surface area contributed by atoms with Crippen molar-refractivity contribution in [2.45, 2.75) is 42.7 Å². The van der Waals surface area contributed by atoms with Crippen molar-refractivity contribution in [3.8, 4) is 0 Å². The van der Waals surface area contributed by atoms with Crippen LogP contribution in [-0.4, -0.2) is 42.0 Å². The molecule has 1 saturated carbocycles. The summed E-state index contributed by atoms with van der Waals surface area (Å²) in [5.41, 5.74) is 0. The summed E-state index contributed by atoms with van der Waals surface area (Å²) in [6.45, 7) is 0. The fourth-order valence-electron chi connectivity index (χ4n) is 2.33. The van der Waals surface area contributed by atoms with Crippen molar-refractivity contribution >= 4 is 10.0 Å². The summed E-state index contributed by atoms with van der Waals surface area (Å²) >= 11 is 0. The lowest BCUT2D eigenvalue weighted by Gasteiger charge is -2.34. The van der Waals surface area contributed by atoms with Gasteiger partial charge in [-0.2, -0.15) is 4.31 Å². The zero-order valence-electron chi connectivity index (χ0n) is 9.83. The second kappa shape index (κ2) is 4.80. The molecule has 2 atom stereocenters. The lowest BCUT2D eigenvalue weighted by atomic mass is 9.93. The summed E-state index contributed by atoms with van der Waals surface area (Å²) in [4.78, 5) is 2.98. The third-order valence-corrected chi connectivity index (χ3v) is 5.29. The molecule has 0 aromatic carbocycles. The van der Waals surface area contributed by atoms with Gasteiger partial charge in [-0.15, -0.1) is 0 Å². The quantitative estimate of drug-likeness (QED) is 0.847. The molecule has 0 saturated heterocycles. The molecule has 6 heteroatoms. The van der Waals surface area contributed by atoms with Crippen LogP contribution in [0.3, 0.4) is 0 Å². The fraction of sp³-hybridized carbons (Fsp3) is 0.636. The molecular weight excluding hydrogens is 240 g/mol. The van der Waals surface area contributed by atoms with E-state index >= 15 is 0 Å². The van der Waals surface area contributed by atoms with Crippen LogP contribution in [0, 0.1) is 0 Å². The third-order valence-electron chi connectivity index (χ3n) is 3.41. The molecule has 0 radical (unpaired) electrons. The molecule has 5 nitrogen and oxygen atoms in total. The largest absolute Gasteiger partial charge is 0.391 e. The van der Waals surface area contributed by atoms with Crippen molar-refractivity contribution in [1.82, 2.24) is 9.29 Å². The van der Waals surface area contributed by atoms with Gasteiger partial charge in [0.1, 0.15) is 0 Å². The number of hydrogen-bond donors (Lipinski definition) is 2. The van der Waals surface area contributed by atoms with Crippen LogP contribution in [0.15, 0.2) is 23.4 Å². The van der Waals surface area contributed by atoms with Crippen molar-refractivity contribution in [1.29, 1.82) is 0 Å². The molecule has 1 aliphatic carbocycles. The Labute approximate surface area is 102 Å². The average Bonchev–Trinajstić information content (AvgIpc) is 2.83. The Bertz CT molecular complexity index is 455. The van der Waals surface area contributed by atoms with Gasteiger partial charge in [-0.1, -0.05) is 12.8 Å². The van der Waals surface area contributed by atoms with Gasteiger partial charge in [-0.05, 0) is 18.9 Å². The summed E-state index contributed by atoms with van der Waals surface area (Å²) in [7, 11) is -1.94. The predicted octanol–water partition coefficient (Wildman–Crippen LogP) is 0.939. The first-order valence-corrected chi connectivity index (χ1v) is 7.26. The summed E-state index contributed by atoms with van der Waals surface area (Å²) in [6.07, 6.45) is 5.82. The Morgan fingerprint density at radius 2 is 2.12 bits per heavy atom. The van der Waals surface area contributed by atoms with Crippen LogP contribution in [0.5, 0.6) is 0 Å². The minimum absolute atomic E-state index is 0.248. The molecule has 0 bridgehead atoms. The van der Waals surface area contributed by atoms with Crippen molar-refractivity contribution < 1.29 is 13.5 Å². The van der Waals surface area contributed by atoms with Gasteiger partial charge in [0, 0.05) is 19.4 Å². The van der Waals surface area contributed by atoms with Crippen molar-refractivity contribution in [3.05, 3.63) is 18.5 Å². The SMILES string of the molecule is CN(C1CCCCC1O)S(=O)(=O)c1cc[nH]c1. The van der Waals surface area contributed by atoms with E-state index in [1.165, 1.54) is 16.6 Å². The summed E-state index contributed by atoms with van der Waals surface area (Å²) < 4.78 is 25.8. The van der Waals surface area contributed by atoms with Crippen LogP contribution in [0.1, 0.15) is 25.7 Å². The second-order valence-corrected chi connectivity index (χ2v) is 6.48. The first-order valence-electron chi connectivity index (χ1n) is 5.82. The highest BCUT2D eigenvalue weighted by atomic mass is 32.2. The molecule has 2 N–H and O–H groups in total. The highest BCUT2D eigenvalue weighted by molar-refractivity contribution is 7.89. The first-order chi connectivity index (χ1) is 8.03. The second-order valence-electron chi connectivity index (χ2n) is 4.49. The maximum atomic E-state index is 12.2. The van der Waals surface area contributed by atoms with Crippen LogP contribution in [0.4, 0.5) is 0 Å². The number of nitrogens with one attached hydrogen (secondary N) is 1. The Morgan fingerprint density at radius 1 is 1.41 bits per heavy atom. The number of aliphatic hydroxyl groups is 1. The number of nitrogens with zero attached hydrogens (tertiary/aromatic N) is 1. The number of aromatic amines is 1. The van der Waals surface area contributed by atoms with Gasteiger partial charge in [0.15, 0.2) is 0 Å². The Kier molecular flexibility index (Phi) is 3.56. The molecule has 2 rings (SSSR count). The Hall–Kier alpha value is -0.850. The number of aliphatic hydroxyl groups excluding tert-OH is 1. The molecule has 0 spiro atoms. The lowest BCUT2D eigenvalue weighted by molar-refractivity contribution is 0.0638. The fourth-order valence-corrected chi connectivity index (χ4v) is 3.72. The molecule has 96 valence electrons. The average molecular weight is 258 g/mol. The number of H-pyrrole nitrogens is 1. The van der Waals surface area contributed by atoms with E-state index < -0.39 is 16.1 Å². The van der Waals surface area contributed by atoms with Gasteiger partial charge in [0.2, 0.25) is 10.0 Å². The van der Waals surface area contributed by atoms with Crippen LogP contribution in [-0.2, 0) is 10.0 Å². The molecule has 1 aromatic rings. The maximum absolute atomic E-state index is 12.2. The van der Waals surface area contributed by atoms with E-state index in [2.05, 4.69) is 4.98 Å². The van der Waals surface area contributed by atoms with Crippen LogP contribution < -0.4 is 0 Å². The van der Waals surface area contributed by atoms with E-state index in [-0.39, 0.29) is 10.9 Å². The van der Waals surface area contributed by atoms with Crippen LogP contribution in [0.25, 0.3) is 0 Å². The van der Waals surface area contributed by atoms with E-state index in [4.69, 9.17) is 0 Å². The third kappa shape index (κ3) is 2.38. The number of likely N-dealkylation sites (N-methyl/N-ethyl adjacent to an activating group) is 1. The van der Waals surface area contributed by atoms with E-state index in [0.717, 1.165) is 19.3 Å². The van der Waals surface area contributed by atoms with Gasteiger partial charge in [-0.25, -0.2) is 8.42 Å². The number of hydrogen-bond acceptors (Lipinski definition) is 3. The highest BCUT2D eigenvalue weighted by Gasteiger charge is 2.34. The molecular formula is C11H18N2O3S. The topological polar surface area (TPSA) is 73.4 Å². The Morgan fingerprint density at radius 3 is 2.71 bits per heavy atom. The number of aromatic nitrogens is 1. The molecule has 1 aliphatic rings. The summed E-state index contributed by atoms with van der Waals surface area (Å²) in [5, 5.41) is 9.89. The van der Waals surface area contributed by atoms with Gasteiger partial charge >= 0.3 is 0 Å². The summed E-state index contributed by atoms with van der Waals surface area (Å²) in [5.74, 6) is 0.